The van der Waals surface area contributed by atoms with E-state index in [1.54, 1.807) is 11.3 Å². The minimum atomic E-state index is -0.561. The Labute approximate surface area is 288 Å². The molecule has 48 heavy (non-hydrogen) atoms. The fourth-order valence-electron chi connectivity index (χ4n) is 7.34. The lowest BCUT2D eigenvalue weighted by Gasteiger charge is -2.40. The minimum absolute atomic E-state index is 0.561. The normalized spacial score (nSPS) is 16.4. The van der Waals surface area contributed by atoms with E-state index >= 15 is 0 Å². The number of thiophene rings is 1. The third kappa shape index (κ3) is 4.32. The van der Waals surface area contributed by atoms with Crippen molar-refractivity contribution in [1.29, 1.82) is 0 Å². The van der Waals surface area contributed by atoms with Gasteiger partial charge in [-0.25, -0.2) is 15.0 Å². The molecular weight excluding hydrogens is 623 g/mol. The monoisotopic (exact) mass is 651 g/mol. The first-order chi connectivity index (χ1) is 23.7. The lowest BCUT2D eigenvalue weighted by Crippen LogP contribution is -2.32. The lowest BCUT2D eigenvalue weighted by atomic mass is 9.66. The molecule has 0 amide bonds. The third-order valence-electron chi connectivity index (χ3n) is 9.37. The van der Waals surface area contributed by atoms with E-state index in [4.69, 9.17) is 15.0 Å². The highest BCUT2D eigenvalue weighted by atomic mass is 32.2. The average Bonchev–Trinajstić information content (AvgIpc) is 3.71. The van der Waals surface area contributed by atoms with Crippen molar-refractivity contribution in [2.45, 2.75) is 22.1 Å². The third-order valence-corrected chi connectivity index (χ3v) is 11.4. The Morgan fingerprint density at radius 3 is 1.96 bits per heavy atom. The molecule has 1 unspecified atom stereocenters. The van der Waals surface area contributed by atoms with E-state index in [1.807, 2.05) is 72.4 Å². The summed E-state index contributed by atoms with van der Waals surface area (Å²) in [4.78, 5) is 17.6. The first-order valence-corrected chi connectivity index (χ1v) is 17.7. The molecule has 2 aliphatic rings. The van der Waals surface area contributed by atoms with Crippen molar-refractivity contribution in [2.75, 3.05) is 0 Å². The van der Waals surface area contributed by atoms with Gasteiger partial charge in [0.25, 0.3) is 0 Å². The van der Waals surface area contributed by atoms with Gasteiger partial charge in [0.05, 0.1) is 5.41 Å². The minimum Gasteiger partial charge on any atom is -0.208 e. The van der Waals surface area contributed by atoms with Crippen molar-refractivity contribution in [2.24, 2.45) is 0 Å². The van der Waals surface area contributed by atoms with Crippen LogP contribution in [0.4, 0.5) is 0 Å². The number of rotatable bonds is 5. The van der Waals surface area contributed by atoms with E-state index in [0.717, 1.165) is 16.7 Å². The largest absolute Gasteiger partial charge is 0.208 e. The Kier molecular flexibility index (Phi) is 6.85. The highest BCUT2D eigenvalue weighted by molar-refractivity contribution is 7.99. The Morgan fingerprint density at radius 2 is 1.27 bits per heavy atom. The van der Waals surface area contributed by atoms with E-state index in [2.05, 4.69) is 97.8 Å². The van der Waals surface area contributed by atoms with Gasteiger partial charge in [-0.1, -0.05) is 121 Å². The van der Waals surface area contributed by atoms with Gasteiger partial charge in [-0.3, -0.25) is 0 Å². The number of hydrogen-bond acceptors (Lipinski definition) is 5. The molecule has 5 aromatic carbocycles. The molecule has 7 aromatic rings. The zero-order valence-corrected chi connectivity index (χ0v) is 27.9. The number of benzene rings is 5. The molecule has 1 atom stereocenters. The number of aromatic nitrogens is 3. The summed E-state index contributed by atoms with van der Waals surface area (Å²) in [5.41, 5.74) is 9.75. The van der Waals surface area contributed by atoms with E-state index in [-0.39, 0.29) is 0 Å². The lowest BCUT2D eigenvalue weighted by molar-refractivity contribution is 0.718. The predicted octanol–water partition coefficient (Wildman–Crippen LogP) is 11.4. The maximum Gasteiger partial charge on any atom is 0.164 e. The summed E-state index contributed by atoms with van der Waals surface area (Å²) < 4.78 is 1.28. The van der Waals surface area contributed by atoms with Gasteiger partial charge < -0.3 is 0 Å². The van der Waals surface area contributed by atoms with Crippen LogP contribution in [-0.4, -0.2) is 15.0 Å². The second-order valence-corrected chi connectivity index (χ2v) is 14.0. The second kappa shape index (κ2) is 11.4. The van der Waals surface area contributed by atoms with Crippen molar-refractivity contribution in [3.8, 4) is 34.2 Å². The summed E-state index contributed by atoms with van der Waals surface area (Å²) in [7, 11) is 0. The molecule has 0 fully saturated rings. The van der Waals surface area contributed by atoms with E-state index < -0.39 is 5.41 Å². The van der Waals surface area contributed by atoms with Gasteiger partial charge in [-0.05, 0) is 87.5 Å². The molecule has 1 aliphatic heterocycles. The van der Waals surface area contributed by atoms with E-state index in [1.165, 1.54) is 53.3 Å². The van der Waals surface area contributed by atoms with Crippen molar-refractivity contribution in [3.05, 3.63) is 179 Å². The number of nitrogens with zero attached hydrogens (tertiary/aromatic N) is 3. The van der Waals surface area contributed by atoms with Crippen LogP contribution in [0, 0.1) is 0 Å². The SMILES string of the molecule is C=CC1=C(/C=C\C)c2cc3ccsc3cc2C12c1ccccc1Sc1ccc(-c3nc(-c4ccccc4)nc(-c4ccccc4)n3)cc12. The standard InChI is InChI=1S/C43H29N3S2/c1-3-13-31-32-24-29-22-23-47-39(29)26-35(32)43(33(31)4-2)34-18-11-12-19-37(34)48-38-21-20-30(25-36(38)43)42-45-40(27-14-7-5-8-15-27)44-41(46-42)28-16-9-6-10-17-28/h3-26H,2H2,1H3/b13-3-. The molecule has 3 heterocycles. The highest BCUT2D eigenvalue weighted by Gasteiger charge is 2.50. The van der Waals surface area contributed by atoms with Crippen molar-refractivity contribution < 1.29 is 0 Å². The molecular formula is C43H29N3S2. The van der Waals surface area contributed by atoms with Crippen LogP contribution in [-0.2, 0) is 5.41 Å². The summed E-state index contributed by atoms with van der Waals surface area (Å²) in [6.45, 7) is 6.54. The molecule has 0 saturated carbocycles. The zero-order chi connectivity index (χ0) is 32.2. The van der Waals surface area contributed by atoms with E-state index in [9.17, 15) is 0 Å². The van der Waals surface area contributed by atoms with Gasteiger partial charge in [0, 0.05) is 31.2 Å². The maximum atomic E-state index is 5.10. The summed E-state index contributed by atoms with van der Waals surface area (Å²) >= 11 is 3.62. The highest BCUT2D eigenvalue weighted by Crippen LogP contribution is 2.62. The van der Waals surface area contributed by atoms with Crippen LogP contribution in [0.25, 0.3) is 49.8 Å². The van der Waals surface area contributed by atoms with E-state index in [0.29, 0.717) is 17.5 Å². The van der Waals surface area contributed by atoms with Crippen LogP contribution in [0.5, 0.6) is 0 Å². The topological polar surface area (TPSA) is 38.7 Å². The smallest absolute Gasteiger partial charge is 0.164 e. The van der Waals surface area contributed by atoms with Gasteiger partial charge in [-0.2, -0.15) is 0 Å². The maximum absolute atomic E-state index is 5.10. The Hall–Kier alpha value is -5.36. The molecule has 5 heteroatoms. The van der Waals surface area contributed by atoms with Crippen molar-refractivity contribution in [1.82, 2.24) is 15.0 Å². The Morgan fingerprint density at radius 1 is 0.625 bits per heavy atom. The fourth-order valence-corrected chi connectivity index (χ4v) is 9.33. The molecule has 9 rings (SSSR count). The average molecular weight is 652 g/mol. The molecule has 0 radical (unpaired) electrons. The predicted molar refractivity (Wildman–Crippen MR) is 200 cm³/mol. The number of hydrogen-bond donors (Lipinski definition) is 0. The molecule has 228 valence electrons. The molecule has 0 N–H and O–H groups in total. The molecule has 1 aliphatic carbocycles. The van der Waals surface area contributed by atoms with Crippen LogP contribution in [0.2, 0.25) is 0 Å². The van der Waals surface area contributed by atoms with Crippen LogP contribution in [0.3, 0.4) is 0 Å². The van der Waals surface area contributed by atoms with Crippen molar-refractivity contribution >= 4 is 38.8 Å². The van der Waals surface area contributed by atoms with Crippen LogP contribution in [0.1, 0.15) is 29.2 Å². The first-order valence-electron chi connectivity index (χ1n) is 16.0. The number of allylic oxidation sites excluding steroid dienone is 5. The fraction of sp³-hybridized carbons (Fsp3) is 0.0465. The summed E-state index contributed by atoms with van der Waals surface area (Å²) in [5, 5.41) is 3.45. The molecule has 3 nitrogen and oxygen atoms in total. The van der Waals surface area contributed by atoms with Crippen LogP contribution in [0.15, 0.2) is 167 Å². The van der Waals surface area contributed by atoms with Gasteiger partial charge >= 0.3 is 0 Å². The van der Waals surface area contributed by atoms with Gasteiger partial charge in [0.1, 0.15) is 0 Å². The molecule has 1 spiro atoms. The quantitative estimate of drug-likeness (QED) is 0.186. The summed E-state index contributed by atoms with van der Waals surface area (Å²) in [6.07, 6.45) is 6.47. The Balaban J connectivity index is 1.35. The number of fused-ring (bicyclic) bond motifs is 7. The second-order valence-electron chi connectivity index (χ2n) is 12.0. The molecule has 0 saturated heterocycles. The summed E-state index contributed by atoms with van der Waals surface area (Å²) in [5.74, 6) is 1.95. The zero-order valence-electron chi connectivity index (χ0n) is 26.2. The van der Waals surface area contributed by atoms with Crippen LogP contribution < -0.4 is 0 Å². The Bertz CT molecular complexity index is 2400. The van der Waals surface area contributed by atoms with Gasteiger partial charge in [0.15, 0.2) is 17.5 Å². The van der Waals surface area contributed by atoms with Gasteiger partial charge in [-0.15, -0.1) is 11.3 Å². The first kappa shape index (κ1) is 28.8. The molecule has 0 bridgehead atoms. The molecule has 2 aromatic heterocycles. The summed E-state index contributed by atoms with van der Waals surface area (Å²) in [6, 6.07) is 42.9. The van der Waals surface area contributed by atoms with Crippen molar-refractivity contribution in [3.63, 3.8) is 0 Å². The van der Waals surface area contributed by atoms with Crippen LogP contribution >= 0.6 is 23.1 Å². The van der Waals surface area contributed by atoms with Gasteiger partial charge in [0.2, 0.25) is 0 Å².